The Bertz CT molecular complexity index is 1570. The molecule has 2 aliphatic heterocycles. The molecule has 1 amide bonds. The largest absolute Gasteiger partial charge is 0.378 e. The Morgan fingerprint density at radius 2 is 2.05 bits per heavy atom. The number of carbonyl (C=O) groups excluding carboxylic acids is 1. The summed E-state index contributed by atoms with van der Waals surface area (Å²) in [6.45, 7) is 4.78. The van der Waals surface area contributed by atoms with Crippen molar-refractivity contribution in [1.82, 2.24) is 39.2 Å². The normalized spacial score (nSPS) is 16.0. The van der Waals surface area contributed by atoms with Crippen molar-refractivity contribution in [2.75, 3.05) is 49.6 Å². The first-order chi connectivity index (χ1) is 19.5. The van der Waals surface area contributed by atoms with Crippen LogP contribution in [0.1, 0.15) is 22.9 Å². The molecule has 0 atom stereocenters. The Balaban J connectivity index is 1.26. The maximum absolute atomic E-state index is 13.1. The molecule has 4 aromatic heterocycles. The first-order valence-electron chi connectivity index (χ1n) is 12.7. The van der Waals surface area contributed by atoms with Crippen LogP contribution in [0.4, 0.5) is 20.5 Å². The minimum absolute atomic E-state index is 0.0672. The lowest BCUT2D eigenvalue weighted by Crippen LogP contribution is -2.37. The zero-order chi connectivity index (χ0) is 27.6. The summed E-state index contributed by atoms with van der Waals surface area (Å²) in [7, 11) is 0. The van der Waals surface area contributed by atoms with Gasteiger partial charge in [-0.3, -0.25) is 9.36 Å². The van der Waals surface area contributed by atoms with Gasteiger partial charge in [0.2, 0.25) is 11.9 Å². The second-order valence-corrected chi connectivity index (χ2v) is 10.3. The highest BCUT2D eigenvalue weighted by Crippen LogP contribution is 2.29. The number of aromatic nitrogens is 7. The zero-order valence-electron chi connectivity index (χ0n) is 21.4. The summed E-state index contributed by atoms with van der Waals surface area (Å²) in [6.07, 6.45) is 10.1. The number of anilines is 2. The number of carbonyl (C=O) groups is 1. The SMILES string of the molecule is C=CC(=O)N1CC=C(c2cnc(CNc3nc(N4CCOCC4)nc4c3ncn4-c3cnn(C(F)F)c3)s2)CC1. The maximum Gasteiger partial charge on any atom is 0.333 e. The van der Waals surface area contributed by atoms with E-state index in [1.807, 2.05) is 11.1 Å². The van der Waals surface area contributed by atoms with Gasteiger partial charge < -0.3 is 19.9 Å². The van der Waals surface area contributed by atoms with Gasteiger partial charge in [0.05, 0.1) is 42.7 Å². The van der Waals surface area contributed by atoms with Crippen LogP contribution in [0.3, 0.4) is 0 Å². The van der Waals surface area contributed by atoms with Crippen LogP contribution in [-0.2, 0) is 16.1 Å². The Morgan fingerprint density at radius 3 is 2.77 bits per heavy atom. The van der Waals surface area contributed by atoms with E-state index in [0.29, 0.717) is 79.2 Å². The number of nitrogens with zero attached hydrogens (tertiary/aromatic N) is 9. The predicted octanol–water partition coefficient (Wildman–Crippen LogP) is 3.11. The van der Waals surface area contributed by atoms with Gasteiger partial charge in [0.25, 0.3) is 0 Å². The molecular formula is C25H26F2N10O2S. The zero-order valence-corrected chi connectivity index (χ0v) is 22.2. The van der Waals surface area contributed by atoms with Crippen LogP contribution >= 0.6 is 11.3 Å². The molecule has 1 N–H and O–H groups in total. The highest BCUT2D eigenvalue weighted by Gasteiger charge is 2.22. The van der Waals surface area contributed by atoms with Gasteiger partial charge in [-0.15, -0.1) is 11.3 Å². The first kappa shape index (κ1) is 26.0. The number of hydrogen-bond acceptors (Lipinski definition) is 10. The van der Waals surface area contributed by atoms with E-state index in [1.54, 1.807) is 20.8 Å². The molecule has 208 valence electrons. The van der Waals surface area contributed by atoms with Crippen molar-refractivity contribution in [3.63, 3.8) is 0 Å². The quantitative estimate of drug-likeness (QED) is 0.320. The Morgan fingerprint density at radius 1 is 1.20 bits per heavy atom. The lowest BCUT2D eigenvalue weighted by molar-refractivity contribution is -0.125. The number of thiazole rings is 1. The number of nitrogens with one attached hydrogen (secondary N) is 1. The minimum atomic E-state index is -2.75. The molecule has 40 heavy (non-hydrogen) atoms. The summed E-state index contributed by atoms with van der Waals surface area (Å²) in [5.74, 6) is 0.938. The molecule has 4 aromatic rings. The summed E-state index contributed by atoms with van der Waals surface area (Å²) in [4.78, 5) is 35.3. The lowest BCUT2D eigenvalue weighted by Gasteiger charge is -2.27. The number of alkyl halides is 2. The maximum atomic E-state index is 13.1. The van der Waals surface area contributed by atoms with E-state index in [2.05, 4.69) is 33.0 Å². The van der Waals surface area contributed by atoms with E-state index in [0.717, 1.165) is 16.3 Å². The molecule has 1 saturated heterocycles. The van der Waals surface area contributed by atoms with Gasteiger partial charge >= 0.3 is 6.55 Å². The van der Waals surface area contributed by atoms with Crippen LogP contribution in [0.2, 0.25) is 0 Å². The molecule has 0 spiro atoms. The molecule has 6 rings (SSSR count). The van der Waals surface area contributed by atoms with Crippen molar-refractivity contribution >= 4 is 45.7 Å². The summed E-state index contributed by atoms with van der Waals surface area (Å²) in [5.41, 5.74) is 2.55. The Labute approximate surface area is 231 Å². The number of halogens is 2. The summed E-state index contributed by atoms with van der Waals surface area (Å²) in [6, 6.07) is 0. The molecule has 0 unspecified atom stereocenters. The summed E-state index contributed by atoms with van der Waals surface area (Å²) >= 11 is 1.58. The average Bonchev–Trinajstić information content (AvgIpc) is 3.76. The van der Waals surface area contributed by atoms with Crippen molar-refractivity contribution in [1.29, 1.82) is 0 Å². The highest BCUT2D eigenvalue weighted by atomic mass is 32.1. The molecule has 0 saturated carbocycles. The third-order valence-corrected chi connectivity index (χ3v) is 7.79. The smallest absolute Gasteiger partial charge is 0.333 e. The third-order valence-electron chi connectivity index (χ3n) is 6.72. The number of ether oxygens (including phenoxy) is 1. The van der Waals surface area contributed by atoms with Crippen LogP contribution in [-0.4, -0.2) is 84.5 Å². The van der Waals surface area contributed by atoms with Gasteiger partial charge in [-0.05, 0) is 18.1 Å². The molecule has 6 heterocycles. The number of imidazole rings is 1. The number of morpholine rings is 1. The topological polar surface area (TPSA) is 119 Å². The third kappa shape index (κ3) is 5.16. The molecule has 0 aromatic carbocycles. The average molecular weight is 569 g/mol. The second kappa shape index (κ2) is 11.1. The van der Waals surface area contributed by atoms with Gasteiger partial charge in [0, 0.05) is 32.4 Å². The van der Waals surface area contributed by atoms with Crippen LogP contribution in [0.15, 0.2) is 43.6 Å². The van der Waals surface area contributed by atoms with E-state index < -0.39 is 6.55 Å². The Hall–Kier alpha value is -4.24. The van der Waals surface area contributed by atoms with E-state index >= 15 is 0 Å². The van der Waals surface area contributed by atoms with Crippen molar-refractivity contribution < 1.29 is 18.3 Å². The van der Waals surface area contributed by atoms with E-state index in [1.165, 1.54) is 30.4 Å². The molecule has 0 aliphatic carbocycles. The molecule has 15 heteroatoms. The van der Waals surface area contributed by atoms with Crippen LogP contribution in [0, 0.1) is 0 Å². The Kier molecular flexibility index (Phi) is 7.21. The van der Waals surface area contributed by atoms with Crippen molar-refractivity contribution in [2.24, 2.45) is 0 Å². The predicted molar refractivity (Wildman–Crippen MR) is 146 cm³/mol. The summed E-state index contributed by atoms with van der Waals surface area (Å²) in [5, 5.41) is 7.96. The van der Waals surface area contributed by atoms with Crippen molar-refractivity contribution in [3.8, 4) is 5.69 Å². The van der Waals surface area contributed by atoms with Gasteiger partial charge in [0.1, 0.15) is 11.3 Å². The lowest BCUT2D eigenvalue weighted by atomic mass is 10.1. The van der Waals surface area contributed by atoms with E-state index in [-0.39, 0.29) is 5.91 Å². The number of rotatable bonds is 8. The fraction of sp³-hybridized carbons (Fsp3) is 0.360. The molecule has 0 radical (unpaired) electrons. The van der Waals surface area contributed by atoms with Crippen LogP contribution < -0.4 is 10.2 Å². The highest BCUT2D eigenvalue weighted by molar-refractivity contribution is 7.12. The van der Waals surface area contributed by atoms with Gasteiger partial charge in [-0.1, -0.05) is 12.7 Å². The van der Waals surface area contributed by atoms with Gasteiger partial charge in [-0.25, -0.2) is 14.6 Å². The molecule has 1 fully saturated rings. The molecular weight excluding hydrogens is 542 g/mol. The van der Waals surface area contributed by atoms with Crippen molar-refractivity contribution in [3.05, 3.63) is 53.5 Å². The fourth-order valence-corrected chi connectivity index (χ4v) is 5.51. The molecule has 2 aliphatic rings. The second-order valence-electron chi connectivity index (χ2n) is 9.15. The van der Waals surface area contributed by atoms with E-state index in [4.69, 9.17) is 14.7 Å². The monoisotopic (exact) mass is 568 g/mol. The standard InChI is InChI=1S/C25H26F2N10O2S/c1-2-20(38)34-5-3-16(4-6-34)18-12-28-19(40-18)13-29-22-21-23(33-25(32-22)35-7-9-39-10-8-35)36(15-30-21)17-11-31-37(14-17)24(26)27/h2-3,11-12,14-15,24H,1,4-10,13H2,(H,29,32,33). The molecule has 12 nitrogen and oxygen atoms in total. The summed E-state index contributed by atoms with van der Waals surface area (Å²) < 4.78 is 34.0. The molecule has 0 bridgehead atoms. The number of hydrogen-bond donors (Lipinski definition) is 1. The minimum Gasteiger partial charge on any atom is -0.378 e. The fourth-order valence-electron chi connectivity index (χ4n) is 4.59. The number of fused-ring (bicyclic) bond motifs is 1. The van der Waals surface area contributed by atoms with Gasteiger partial charge in [-0.2, -0.15) is 23.8 Å². The van der Waals surface area contributed by atoms with Crippen LogP contribution in [0.5, 0.6) is 0 Å². The van der Waals surface area contributed by atoms with Gasteiger partial charge in [0.15, 0.2) is 17.0 Å². The van der Waals surface area contributed by atoms with E-state index in [9.17, 15) is 13.6 Å². The van der Waals surface area contributed by atoms with Crippen molar-refractivity contribution in [2.45, 2.75) is 19.5 Å². The first-order valence-corrected chi connectivity index (χ1v) is 13.5. The van der Waals surface area contributed by atoms with Crippen LogP contribution in [0.25, 0.3) is 22.4 Å². The number of amides is 1.